The zero-order valence-corrected chi connectivity index (χ0v) is 6.88. The zero-order chi connectivity index (χ0) is 8.39. The molecule has 1 N–H and O–H groups in total. The van der Waals surface area contributed by atoms with Gasteiger partial charge in [-0.1, -0.05) is 0 Å². The van der Waals surface area contributed by atoms with Crippen LogP contribution in [-0.4, -0.2) is 24.3 Å². The van der Waals surface area contributed by atoms with Gasteiger partial charge in [0.05, 0.1) is 12.7 Å². The van der Waals surface area contributed by atoms with Gasteiger partial charge in [0.1, 0.15) is 0 Å². The molecule has 0 bridgehead atoms. The first-order valence-electron chi connectivity index (χ1n) is 4.30. The zero-order valence-electron chi connectivity index (χ0n) is 6.88. The minimum atomic E-state index is 0.0291. The Labute approximate surface area is 71.0 Å². The van der Waals surface area contributed by atoms with Crippen LogP contribution in [0.15, 0.2) is 5.10 Å². The molecule has 1 amide bonds. The molecule has 2 aliphatic heterocycles. The summed E-state index contributed by atoms with van der Waals surface area (Å²) in [4.78, 5) is 10.7. The van der Waals surface area contributed by atoms with Crippen LogP contribution in [0.5, 0.6) is 0 Å². The summed E-state index contributed by atoms with van der Waals surface area (Å²) in [6.45, 7) is 0.902. The monoisotopic (exact) mass is 168 g/mol. The molecule has 1 unspecified atom stereocenters. The van der Waals surface area contributed by atoms with Crippen molar-refractivity contribution < 1.29 is 9.53 Å². The molecule has 0 aromatic carbocycles. The summed E-state index contributed by atoms with van der Waals surface area (Å²) in [6.07, 6.45) is 3.88. The van der Waals surface area contributed by atoms with Crippen molar-refractivity contribution in [2.45, 2.75) is 31.8 Å². The van der Waals surface area contributed by atoms with Gasteiger partial charge in [-0.15, -0.1) is 0 Å². The molecular weight excluding hydrogens is 156 g/mol. The van der Waals surface area contributed by atoms with E-state index in [0.717, 1.165) is 31.6 Å². The fraction of sp³-hybridized carbons (Fsp3) is 0.750. The normalized spacial score (nSPS) is 27.8. The molecule has 4 nitrogen and oxygen atoms in total. The maximum absolute atomic E-state index is 10.7. The predicted octanol–water partition coefficient (Wildman–Crippen LogP) is 0.431. The van der Waals surface area contributed by atoms with Crippen LogP contribution in [0, 0.1) is 0 Å². The second-order valence-corrected chi connectivity index (χ2v) is 3.21. The third-order valence-electron chi connectivity index (χ3n) is 2.14. The molecule has 66 valence electrons. The number of nitrogens with zero attached hydrogens (tertiary/aromatic N) is 1. The largest absolute Gasteiger partial charge is 0.373 e. The number of epoxide rings is 1. The fourth-order valence-corrected chi connectivity index (χ4v) is 1.25. The number of carbonyl (C=O) groups excluding carboxylic acids is 1. The fourth-order valence-electron chi connectivity index (χ4n) is 1.25. The number of rotatable bonds is 3. The van der Waals surface area contributed by atoms with Crippen LogP contribution in [0.3, 0.4) is 0 Å². The molecule has 4 heteroatoms. The molecule has 2 rings (SSSR count). The van der Waals surface area contributed by atoms with E-state index in [1.807, 2.05) is 0 Å². The summed E-state index contributed by atoms with van der Waals surface area (Å²) in [5.74, 6) is 0.0291. The summed E-state index contributed by atoms with van der Waals surface area (Å²) < 4.78 is 5.08. The number of hydrogen-bond donors (Lipinski definition) is 1. The van der Waals surface area contributed by atoms with E-state index in [1.165, 1.54) is 0 Å². The van der Waals surface area contributed by atoms with Crippen molar-refractivity contribution in [3.63, 3.8) is 0 Å². The number of hydrogen-bond acceptors (Lipinski definition) is 3. The van der Waals surface area contributed by atoms with Crippen molar-refractivity contribution in [2.75, 3.05) is 6.61 Å². The highest BCUT2D eigenvalue weighted by molar-refractivity contribution is 5.92. The SMILES string of the molecule is O=C1CCC(CCC2CO2)=NN1. The molecule has 0 aromatic heterocycles. The van der Waals surface area contributed by atoms with Gasteiger partial charge in [0.15, 0.2) is 0 Å². The summed E-state index contributed by atoms with van der Waals surface area (Å²) in [5.41, 5.74) is 3.59. The highest BCUT2D eigenvalue weighted by Gasteiger charge is 2.23. The molecule has 1 atom stereocenters. The van der Waals surface area contributed by atoms with Crippen molar-refractivity contribution in [2.24, 2.45) is 5.10 Å². The lowest BCUT2D eigenvalue weighted by atomic mass is 10.1. The van der Waals surface area contributed by atoms with Gasteiger partial charge in [-0.25, -0.2) is 5.43 Å². The standard InChI is InChI=1S/C8H12N2O2/c11-8-4-2-6(9-10-8)1-3-7-5-12-7/h7H,1-5H2,(H,10,11). The Morgan fingerprint density at radius 3 is 3.00 bits per heavy atom. The molecule has 0 aliphatic carbocycles. The molecule has 1 saturated heterocycles. The minimum Gasteiger partial charge on any atom is -0.373 e. The molecule has 0 saturated carbocycles. The van der Waals surface area contributed by atoms with E-state index in [9.17, 15) is 4.79 Å². The Hall–Kier alpha value is -0.900. The molecule has 0 radical (unpaired) electrons. The Balaban J connectivity index is 1.75. The van der Waals surface area contributed by atoms with Gasteiger partial charge in [-0.05, 0) is 19.3 Å². The number of hydrazone groups is 1. The van der Waals surface area contributed by atoms with Crippen LogP contribution in [0.25, 0.3) is 0 Å². The van der Waals surface area contributed by atoms with E-state index in [1.54, 1.807) is 0 Å². The summed E-state index contributed by atoms with van der Waals surface area (Å²) in [6, 6.07) is 0. The lowest BCUT2D eigenvalue weighted by Crippen LogP contribution is -2.25. The molecule has 0 spiro atoms. The van der Waals surface area contributed by atoms with Crippen molar-refractivity contribution in [3.8, 4) is 0 Å². The maximum Gasteiger partial charge on any atom is 0.240 e. The number of carbonyl (C=O) groups is 1. The van der Waals surface area contributed by atoms with Crippen molar-refractivity contribution in [3.05, 3.63) is 0 Å². The highest BCUT2D eigenvalue weighted by Crippen LogP contribution is 2.17. The second kappa shape index (κ2) is 3.23. The summed E-state index contributed by atoms with van der Waals surface area (Å²) in [7, 11) is 0. The van der Waals surface area contributed by atoms with E-state index in [4.69, 9.17) is 4.74 Å². The average Bonchev–Trinajstić information content (AvgIpc) is 2.87. The Morgan fingerprint density at radius 2 is 2.42 bits per heavy atom. The van der Waals surface area contributed by atoms with Gasteiger partial charge in [0.2, 0.25) is 5.91 Å². The van der Waals surface area contributed by atoms with E-state index in [-0.39, 0.29) is 5.91 Å². The highest BCUT2D eigenvalue weighted by atomic mass is 16.6. The first kappa shape index (κ1) is 7.73. The molecule has 2 heterocycles. The van der Waals surface area contributed by atoms with Gasteiger partial charge in [0, 0.05) is 12.1 Å². The number of amides is 1. The second-order valence-electron chi connectivity index (χ2n) is 3.21. The molecule has 2 aliphatic rings. The number of ether oxygens (including phenoxy) is 1. The van der Waals surface area contributed by atoms with Crippen molar-refractivity contribution in [1.29, 1.82) is 0 Å². The third kappa shape index (κ3) is 2.04. The quantitative estimate of drug-likeness (QED) is 0.621. The average molecular weight is 168 g/mol. The third-order valence-corrected chi connectivity index (χ3v) is 2.14. The van der Waals surface area contributed by atoms with Crippen LogP contribution in [0.2, 0.25) is 0 Å². The van der Waals surface area contributed by atoms with E-state index >= 15 is 0 Å². The van der Waals surface area contributed by atoms with Gasteiger partial charge >= 0.3 is 0 Å². The summed E-state index contributed by atoms with van der Waals surface area (Å²) >= 11 is 0. The molecule has 1 fully saturated rings. The van der Waals surface area contributed by atoms with Gasteiger partial charge in [-0.2, -0.15) is 5.10 Å². The van der Waals surface area contributed by atoms with E-state index < -0.39 is 0 Å². The predicted molar refractivity (Wildman–Crippen MR) is 43.8 cm³/mol. The Kier molecular flexibility index (Phi) is 2.08. The van der Waals surface area contributed by atoms with E-state index in [2.05, 4.69) is 10.5 Å². The molecular formula is C8H12N2O2. The maximum atomic E-state index is 10.7. The van der Waals surface area contributed by atoms with Crippen molar-refractivity contribution >= 4 is 11.6 Å². The van der Waals surface area contributed by atoms with Crippen LogP contribution >= 0.6 is 0 Å². The Bertz CT molecular complexity index is 221. The lowest BCUT2D eigenvalue weighted by molar-refractivity contribution is -0.121. The topological polar surface area (TPSA) is 54.0 Å². The van der Waals surface area contributed by atoms with Crippen LogP contribution < -0.4 is 5.43 Å². The Morgan fingerprint density at radius 1 is 1.58 bits per heavy atom. The number of nitrogens with one attached hydrogen (secondary N) is 1. The lowest BCUT2D eigenvalue weighted by Gasteiger charge is -2.10. The first-order valence-corrected chi connectivity index (χ1v) is 4.30. The van der Waals surface area contributed by atoms with Gasteiger partial charge in [-0.3, -0.25) is 4.79 Å². The van der Waals surface area contributed by atoms with E-state index in [0.29, 0.717) is 12.5 Å². The van der Waals surface area contributed by atoms with Crippen molar-refractivity contribution in [1.82, 2.24) is 5.43 Å². The minimum absolute atomic E-state index is 0.0291. The smallest absolute Gasteiger partial charge is 0.240 e. The van der Waals surface area contributed by atoms with Crippen LogP contribution in [0.1, 0.15) is 25.7 Å². The van der Waals surface area contributed by atoms with Gasteiger partial charge in [0.25, 0.3) is 0 Å². The molecule has 12 heavy (non-hydrogen) atoms. The van der Waals surface area contributed by atoms with Crippen LogP contribution in [0.4, 0.5) is 0 Å². The van der Waals surface area contributed by atoms with Crippen LogP contribution in [-0.2, 0) is 9.53 Å². The molecule has 0 aromatic rings. The first-order chi connectivity index (χ1) is 5.84. The van der Waals surface area contributed by atoms with Gasteiger partial charge < -0.3 is 4.74 Å². The summed E-state index contributed by atoms with van der Waals surface area (Å²) in [5, 5.41) is 3.97.